The molecule has 0 heterocycles. The van der Waals surface area contributed by atoms with Crippen LogP contribution in [0.2, 0.25) is 0 Å². The molecule has 26 heavy (non-hydrogen) atoms. The molecule has 0 aliphatic heterocycles. The van der Waals surface area contributed by atoms with E-state index < -0.39 is 0 Å². The zero-order chi connectivity index (χ0) is 19.6. The lowest BCUT2D eigenvalue weighted by molar-refractivity contribution is -0.101. The zero-order valence-electron chi connectivity index (χ0n) is 18.5. The average Bonchev–Trinajstić information content (AvgIpc) is 2.57. The molecular weight excluding hydrogens is 320 g/mol. The first-order chi connectivity index (χ1) is 12.5. The Labute approximate surface area is 165 Å². The molecular formula is C24H47O2. The van der Waals surface area contributed by atoms with Crippen LogP contribution in [-0.2, 0) is 9.47 Å². The van der Waals surface area contributed by atoms with Gasteiger partial charge >= 0.3 is 0 Å². The third-order valence-electron chi connectivity index (χ3n) is 4.61. The molecule has 1 radical (unpaired) electrons. The summed E-state index contributed by atoms with van der Waals surface area (Å²) >= 11 is 0. The largest absolute Gasteiger partial charge is 0.373 e. The van der Waals surface area contributed by atoms with Gasteiger partial charge in [-0.05, 0) is 53.9 Å². The third kappa shape index (κ3) is 17.1. The van der Waals surface area contributed by atoms with Gasteiger partial charge in [0.15, 0.2) is 0 Å². The summed E-state index contributed by atoms with van der Waals surface area (Å²) in [4.78, 5) is 0. The van der Waals surface area contributed by atoms with E-state index in [1.54, 1.807) is 0 Å². The average molecular weight is 368 g/mol. The number of allylic oxidation sites excluding steroid dienone is 1. The highest BCUT2D eigenvalue weighted by molar-refractivity contribution is 4.86. The highest BCUT2D eigenvalue weighted by Crippen LogP contribution is 2.15. The normalized spacial score (nSPS) is 14.6. The number of hydrogen-bond donors (Lipinski definition) is 0. The molecule has 0 aromatic rings. The predicted molar refractivity (Wildman–Crippen MR) is 116 cm³/mol. The van der Waals surface area contributed by atoms with Crippen molar-refractivity contribution in [3.63, 3.8) is 0 Å². The molecule has 0 fully saturated rings. The molecule has 0 N–H and O–H groups in total. The van der Waals surface area contributed by atoms with Crippen molar-refractivity contribution < 1.29 is 9.47 Å². The molecule has 0 saturated heterocycles. The maximum Gasteiger partial charge on any atom is 0.0871 e. The number of rotatable bonds is 18. The van der Waals surface area contributed by atoms with Gasteiger partial charge in [-0.15, -0.1) is 0 Å². The molecule has 0 bridgehead atoms. The zero-order valence-corrected chi connectivity index (χ0v) is 18.5. The van der Waals surface area contributed by atoms with Crippen LogP contribution in [0.1, 0.15) is 112 Å². The maximum atomic E-state index is 6.04. The van der Waals surface area contributed by atoms with E-state index in [-0.39, 0.29) is 24.4 Å². The van der Waals surface area contributed by atoms with Gasteiger partial charge in [-0.3, -0.25) is 0 Å². The van der Waals surface area contributed by atoms with E-state index >= 15 is 0 Å². The Kier molecular flexibility index (Phi) is 17.8. The lowest BCUT2D eigenvalue weighted by Crippen LogP contribution is -2.32. The highest BCUT2D eigenvalue weighted by Gasteiger charge is 2.19. The third-order valence-corrected chi connectivity index (χ3v) is 4.61. The van der Waals surface area contributed by atoms with Crippen LogP contribution < -0.4 is 0 Å². The van der Waals surface area contributed by atoms with Crippen LogP contribution in [0.5, 0.6) is 0 Å². The van der Waals surface area contributed by atoms with Crippen LogP contribution >= 0.6 is 0 Å². The Hall–Kier alpha value is -0.340. The minimum atomic E-state index is 0.135. The Balaban J connectivity index is 3.71. The summed E-state index contributed by atoms with van der Waals surface area (Å²) in [6, 6.07) is 0. The molecule has 0 aliphatic rings. The molecule has 0 amide bonds. The molecule has 0 aromatic heterocycles. The summed E-state index contributed by atoms with van der Waals surface area (Å²) < 4.78 is 12.0. The van der Waals surface area contributed by atoms with Crippen LogP contribution in [0.4, 0.5) is 0 Å². The maximum absolute atomic E-state index is 6.04. The van der Waals surface area contributed by atoms with Crippen molar-refractivity contribution in [2.24, 2.45) is 0 Å². The minimum absolute atomic E-state index is 0.135. The molecule has 0 spiro atoms. The molecule has 0 rings (SSSR count). The van der Waals surface area contributed by atoms with Crippen LogP contribution in [-0.4, -0.2) is 24.4 Å². The molecule has 0 saturated carbocycles. The lowest BCUT2D eigenvalue weighted by Gasteiger charge is -2.27. The van der Waals surface area contributed by atoms with Gasteiger partial charge in [-0.2, -0.15) is 0 Å². The second-order valence-corrected chi connectivity index (χ2v) is 8.14. The van der Waals surface area contributed by atoms with Crippen molar-refractivity contribution in [2.45, 2.75) is 136 Å². The van der Waals surface area contributed by atoms with E-state index in [2.05, 4.69) is 53.7 Å². The summed E-state index contributed by atoms with van der Waals surface area (Å²) in [7, 11) is 0. The smallest absolute Gasteiger partial charge is 0.0871 e. The van der Waals surface area contributed by atoms with E-state index in [1.807, 2.05) is 0 Å². The molecule has 2 nitrogen and oxygen atoms in total. The molecule has 155 valence electrons. The van der Waals surface area contributed by atoms with Crippen LogP contribution in [0.25, 0.3) is 0 Å². The summed E-state index contributed by atoms with van der Waals surface area (Å²) in [6.45, 7) is 14.4. The first kappa shape index (κ1) is 25.7. The van der Waals surface area contributed by atoms with Crippen LogP contribution in [0.15, 0.2) is 12.2 Å². The van der Waals surface area contributed by atoms with Gasteiger partial charge in [-0.1, -0.05) is 76.9 Å². The van der Waals surface area contributed by atoms with Gasteiger partial charge < -0.3 is 9.47 Å². The van der Waals surface area contributed by atoms with E-state index in [0.29, 0.717) is 0 Å². The van der Waals surface area contributed by atoms with E-state index in [4.69, 9.17) is 9.47 Å². The summed E-state index contributed by atoms with van der Waals surface area (Å²) in [5, 5.41) is 0. The standard InChI is InChI=1S/C24H47O2/c1-7-8-9-10-11-12-13-14-15-16-17-18-19-20-24(26-22(4)5)23(6)25-21(2)3/h18-19,21-24H,1,7-17,20H2,2-6H3. The van der Waals surface area contributed by atoms with Crippen molar-refractivity contribution in [1.82, 2.24) is 0 Å². The van der Waals surface area contributed by atoms with Crippen molar-refractivity contribution in [2.75, 3.05) is 0 Å². The molecule has 0 aliphatic carbocycles. The van der Waals surface area contributed by atoms with Crippen LogP contribution in [0, 0.1) is 6.92 Å². The van der Waals surface area contributed by atoms with E-state index in [1.165, 1.54) is 64.2 Å². The fourth-order valence-corrected chi connectivity index (χ4v) is 3.25. The lowest BCUT2D eigenvalue weighted by atomic mass is 10.1. The van der Waals surface area contributed by atoms with Gasteiger partial charge in [-0.25, -0.2) is 0 Å². The number of hydrogen-bond acceptors (Lipinski definition) is 2. The van der Waals surface area contributed by atoms with Crippen molar-refractivity contribution in [3.05, 3.63) is 19.1 Å². The number of ether oxygens (including phenoxy) is 2. The first-order valence-corrected chi connectivity index (χ1v) is 11.2. The minimum Gasteiger partial charge on any atom is -0.373 e. The highest BCUT2D eigenvalue weighted by atomic mass is 16.5. The SMILES string of the molecule is [CH2]CCCCCCCCCCCC=CCC(OC(C)C)C(C)OC(C)C. The topological polar surface area (TPSA) is 18.5 Å². The predicted octanol–water partition coefficient (Wildman–Crippen LogP) is 7.66. The second-order valence-electron chi connectivity index (χ2n) is 8.14. The molecule has 2 atom stereocenters. The van der Waals surface area contributed by atoms with Gasteiger partial charge in [0.1, 0.15) is 0 Å². The van der Waals surface area contributed by atoms with Gasteiger partial charge in [0.05, 0.1) is 24.4 Å². The fourth-order valence-electron chi connectivity index (χ4n) is 3.25. The second kappa shape index (κ2) is 18.0. The summed E-state index contributed by atoms with van der Waals surface area (Å²) in [5.74, 6) is 0. The van der Waals surface area contributed by atoms with E-state index in [9.17, 15) is 0 Å². The fraction of sp³-hybridized carbons (Fsp3) is 0.875. The van der Waals surface area contributed by atoms with Crippen molar-refractivity contribution in [1.29, 1.82) is 0 Å². The first-order valence-electron chi connectivity index (χ1n) is 11.2. The van der Waals surface area contributed by atoms with Crippen molar-refractivity contribution >= 4 is 0 Å². The summed E-state index contributed by atoms with van der Waals surface area (Å²) in [5.41, 5.74) is 0. The van der Waals surface area contributed by atoms with Gasteiger partial charge in [0.2, 0.25) is 0 Å². The molecule has 2 unspecified atom stereocenters. The summed E-state index contributed by atoms with van der Waals surface area (Å²) in [6.07, 6.45) is 21.0. The Morgan fingerprint density at radius 3 is 1.65 bits per heavy atom. The van der Waals surface area contributed by atoms with E-state index in [0.717, 1.165) is 12.8 Å². The van der Waals surface area contributed by atoms with Gasteiger partial charge in [0, 0.05) is 0 Å². The molecule has 0 aromatic carbocycles. The van der Waals surface area contributed by atoms with Crippen molar-refractivity contribution in [3.8, 4) is 0 Å². The van der Waals surface area contributed by atoms with Gasteiger partial charge in [0.25, 0.3) is 0 Å². The quantitative estimate of drug-likeness (QED) is 0.183. The molecule has 2 heteroatoms. The Morgan fingerprint density at radius 2 is 1.15 bits per heavy atom. The Bertz CT molecular complexity index is 309. The van der Waals surface area contributed by atoms with Crippen LogP contribution in [0.3, 0.4) is 0 Å². The Morgan fingerprint density at radius 1 is 0.654 bits per heavy atom. The monoisotopic (exact) mass is 367 g/mol. The number of unbranched alkanes of at least 4 members (excludes halogenated alkanes) is 10.